The van der Waals surface area contributed by atoms with Crippen molar-refractivity contribution in [3.63, 3.8) is 0 Å². The van der Waals surface area contributed by atoms with Crippen molar-refractivity contribution in [3.05, 3.63) is 54.1 Å². The Hall–Kier alpha value is -2.30. The molecule has 2 rings (SSSR count). The molecule has 0 fully saturated rings. The van der Waals surface area contributed by atoms with Crippen molar-refractivity contribution in [2.24, 2.45) is 0 Å². The second-order valence-corrected chi connectivity index (χ2v) is 6.59. The summed E-state index contributed by atoms with van der Waals surface area (Å²) in [6.07, 6.45) is 1.63. The number of carbonyl (C=O) groups excluding carboxylic acids is 1. The van der Waals surface area contributed by atoms with Crippen LogP contribution in [0.1, 0.15) is 38.2 Å². The Labute approximate surface area is 222 Å². The maximum absolute atomic E-state index is 11.0. The summed E-state index contributed by atoms with van der Waals surface area (Å²) in [5, 5.41) is 17.4. The first-order valence-electron chi connectivity index (χ1n) is 10.4. The fourth-order valence-electron chi connectivity index (χ4n) is 2.48. The van der Waals surface area contributed by atoms with Crippen LogP contribution >= 0.6 is 0 Å². The number of carboxylic acid groups (broad SMARTS) is 1. The van der Waals surface area contributed by atoms with Gasteiger partial charge in [0.2, 0.25) is 0 Å². The molecule has 3 N–H and O–H groups in total. The Morgan fingerprint density at radius 1 is 0.882 bits per heavy atom. The number of methoxy groups -OCH3 is 1. The van der Waals surface area contributed by atoms with E-state index in [9.17, 15) is 9.59 Å². The SMILES string of the molecule is CCOC(=O)CCCOc1cccc(CO)c1.COc1cccc(OCCCC(=O)O)c1.[Na+].[OH-]. The molecule has 0 aliphatic rings. The predicted octanol–water partition coefficient (Wildman–Crippen LogP) is 0.667. The first-order valence-corrected chi connectivity index (χ1v) is 10.4. The number of carboxylic acids is 1. The molecule has 184 valence electrons. The fourth-order valence-corrected chi connectivity index (χ4v) is 2.48. The molecule has 0 unspecified atom stereocenters. The number of esters is 1. The summed E-state index contributed by atoms with van der Waals surface area (Å²) >= 11 is 0. The van der Waals surface area contributed by atoms with E-state index < -0.39 is 5.97 Å². The molecule has 10 heteroatoms. The van der Waals surface area contributed by atoms with E-state index >= 15 is 0 Å². The second kappa shape index (κ2) is 21.2. The van der Waals surface area contributed by atoms with E-state index in [-0.39, 0.29) is 54.0 Å². The van der Waals surface area contributed by atoms with Gasteiger partial charge in [0.25, 0.3) is 0 Å². The van der Waals surface area contributed by atoms with Gasteiger partial charge in [0.05, 0.1) is 33.5 Å². The normalized spacial score (nSPS) is 9.26. The monoisotopic (exact) mass is 488 g/mol. The van der Waals surface area contributed by atoms with Crippen molar-refractivity contribution in [1.82, 2.24) is 0 Å². The van der Waals surface area contributed by atoms with E-state index in [1.165, 1.54) is 0 Å². The average Bonchev–Trinajstić information content (AvgIpc) is 2.80. The van der Waals surface area contributed by atoms with Crippen LogP contribution in [0.4, 0.5) is 0 Å². The molecular weight excluding hydrogens is 455 g/mol. The number of hydrogen-bond acceptors (Lipinski definition) is 8. The van der Waals surface area contributed by atoms with Crippen molar-refractivity contribution in [2.45, 2.75) is 39.2 Å². The van der Waals surface area contributed by atoms with Gasteiger partial charge in [-0.3, -0.25) is 9.59 Å². The molecule has 0 spiro atoms. The maximum Gasteiger partial charge on any atom is 1.00 e. The summed E-state index contributed by atoms with van der Waals surface area (Å²) in [5.74, 6) is 1.13. The summed E-state index contributed by atoms with van der Waals surface area (Å²) in [5.41, 5.74) is 0.813. The number of aliphatic hydroxyl groups is 1. The van der Waals surface area contributed by atoms with E-state index in [0.717, 1.165) is 11.3 Å². The number of benzene rings is 2. The van der Waals surface area contributed by atoms with Gasteiger partial charge in [0.15, 0.2) is 0 Å². The topological polar surface area (TPSA) is 142 Å². The molecule has 2 aromatic rings. The molecule has 0 aliphatic carbocycles. The third kappa shape index (κ3) is 16.3. The van der Waals surface area contributed by atoms with Crippen LogP contribution in [0.25, 0.3) is 0 Å². The number of aliphatic hydroxyl groups excluding tert-OH is 1. The zero-order chi connectivity index (χ0) is 23.6. The van der Waals surface area contributed by atoms with Crippen LogP contribution in [-0.2, 0) is 20.9 Å². The Morgan fingerprint density at radius 3 is 2.00 bits per heavy atom. The molecule has 9 nitrogen and oxygen atoms in total. The van der Waals surface area contributed by atoms with Gasteiger partial charge < -0.3 is 34.6 Å². The molecule has 0 amide bonds. The third-order valence-electron chi connectivity index (χ3n) is 4.03. The van der Waals surface area contributed by atoms with Gasteiger partial charge in [-0.05, 0) is 49.6 Å². The standard InChI is InChI=1S/C13H18O4.C11H14O4.Na.H2O/c1-2-16-13(15)7-4-8-17-12-6-3-5-11(9-12)10-14;1-14-9-4-2-5-10(8-9)15-7-3-6-11(12)13;;/h3,5-6,9,14H,2,4,7-8,10H2,1H3;2,4-5,8H,3,6-7H2,1H3,(H,12,13);;1H2/q;;+1;/p-1. The van der Waals surface area contributed by atoms with Crippen LogP contribution in [0.5, 0.6) is 17.2 Å². The number of hydrogen-bond donors (Lipinski definition) is 2. The summed E-state index contributed by atoms with van der Waals surface area (Å²) in [6, 6.07) is 14.5. The molecule has 0 saturated carbocycles. The van der Waals surface area contributed by atoms with Gasteiger partial charge in [0.1, 0.15) is 17.2 Å². The molecule has 0 aliphatic heterocycles. The van der Waals surface area contributed by atoms with E-state index in [1.54, 1.807) is 26.2 Å². The zero-order valence-electron chi connectivity index (χ0n) is 20.1. The zero-order valence-corrected chi connectivity index (χ0v) is 22.1. The minimum atomic E-state index is -0.802. The summed E-state index contributed by atoms with van der Waals surface area (Å²) in [4.78, 5) is 21.3. The van der Waals surface area contributed by atoms with Crippen LogP contribution < -0.4 is 43.8 Å². The molecule has 2 aromatic carbocycles. The first kappa shape index (κ1) is 33.9. The van der Waals surface area contributed by atoms with E-state index in [0.29, 0.717) is 50.6 Å². The van der Waals surface area contributed by atoms with Gasteiger partial charge in [-0.15, -0.1) is 0 Å². The number of ether oxygens (including phenoxy) is 4. The molecule has 34 heavy (non-hydrogen) atoms. The van der Waals surface area contributed by atoms with Gasteiger partial charge in [-0.25, -0.2) is 0 Å². The smallest absolute Gasteiger partial charge is 0.870 e. The van der Waals surface area contributed by atoms with Crippen LogP contribution in [0.15, 0.2) is 48.5 Å². The Kier molecular flexibility index (Phi) is 21.2. The van der Waals surface area contributed by atoms with Crippen LogP contribution in [-0.4, -0.2) is 54.6 Å². The second-order valence-electron chi connectivity index (χ2n) is 6.59. The van der Waals surface area contributed by atoms with Crippen molar-refractivity contribution in [2.75, 3.05) is 26.9 Å². The predicted molar refractivity (Wildman–Crippen MR) is 121 cm³/mol. The van der Waals surface area contributed by atoms with Crippen molar-refractivity contribution < 1.29 is 73.8 Å². The molecule has 0 atom stereocenters. The quantitative estimate of drug-likeness (QED) is 0.236. The van der Waals surface area contributed by atoms with Gasteiger partial charge in [-0.1, -0.05) is 18.2 Å². The number of carbonyl (C=O) groups is 2. The number of rotatable bonds is 13. The Balaban J connectivity index is 0. The van der Waals surface area contributed by atoms with Crippen molar-refractivity contribution >= 4 is 11.9 Å². The number of aliphatic carboxylic acids is 1. The van der Waals surface area contributed by atoms with Crippen LogP contribution in [0, 0.1) is 0 Å². The molecule has 0 radical (unpaired) electrons. The maximum atomic E-state index is 11.0. The third-order valence-corrected chi connectivity index (χ3v) is 4.03. The molecule has 0 heterocycles. The Bertz CT molecular complexity index is 815. The largest absolute Gasteiger partial charge is 1.00 e. The summed E-state index contributed by atoms with van der Waals surface area (Å²) < 4.78 is 20.6. The molecule has 0 bridgehead atoms. The van der Waals surface area contributed by atoms with Gasteiger partial charge >= 0.3 is 41.5 Å². The molecule has 0 saturated heterocycles. The van der Waals surface area contributed by atoms with Crippen LogP contribution in [0.3, 0.4) is 0 Å². The van der Waals surface area contributed by atoms with Crippen LogP contribution in [0.2, 0.25) is 0 Å². The minimum absolute atomic E-state index is 0. The average molecular weight is 489 g/mol. The molecular formula is C24H33NaO9. The van der Waals surface area contributed by atoms with E-state index in [4.69, 9.17) is 29.2 Å². The van der Waals surface area contributed by atoms with Crippen molar-refractivity contribution in [1.29, 1.82) is 0 Å². The molecule has 0 aromatic heterocycles. The first-order chi connectivity index (χ1) is 15.5. The minimum Gasteiger partial charge on any atom is -0.870 e. The Morgan fingerprint density at radius 2 is 1.44 bits per heavy atom. The summed E-state index contributed by atoms with van der Waals surface area (Å²) in [6.45, 7) is 3.07. The fraction of sp³-hybridized carbons (Fsp3) is 0.417. The van der Waals surface area contributed by atoms with E-state index in [2.05, 4.69) is 0 Å². The van der Waals surface area contributed by atoms with Gasteiger partial charge in [-0.2, -0.15) is 0 Å². The van der Waals surface area contributed by atoms with Crippen molar-refractivity contribution in [3.8, 4) is 17.2 Å². The van der Waals surface area contributed by atoms with E-state index in [1.807, 2.05) is 36.4 Å². The summed E-state index contributed by atoms with van der Waals surface area (Å²) in [7, 11) is 1.59. The van der Waals surface area contributed by atoms with Gasteiger partial charge in [0, 0.05) is 18.9 Å².